The first-order valence-corrected chi connectivity index (χ1v) is 5.06. The van der Waals surface area contributed by atoms with Gasteiger partial charge in [0.05, 0.1) is 5.56 Å². The molecular formula is C10H12BrN3O. The minimum atomic E-state index is -0.242. The average Bonchev–Trinajstić information content (AvgIpc) is 2.14. The molecule has 5 N–H and O–H groups in total. The first kappa shape index (κ1) is 11.6. The van der Waals surface area contributed by atoms with Gasteiger partial charge in [0.15, 0.2) is 0 Å². The minimum Gasteiger partial charge on any atom is -0.399 e. The van der Waals surface area contributed by atoms with E-state index in [0.29, 0.717) is 28.0 Å². The van der Waals surface area contributed by atoms with Gasteiger partial charge in [-0.2, -0.15) is 0 Å². The molecule has 0 heterocycles. The number of benzene rings is 1. The number of amides is 1. The highest BCUT2D eigenvalue weighted by molar-refractivity contribution is 9.11. The third-order valence-corrected chi connectivity index (χ3v) is 2.04. The van der Waals surface area contributed by atoms with Gasteiger partial charge in [0.25, 0.3) is 5.91 Å². The van der Waals surface area contributed by atoms with Gasteiger partial charge in [0, 0.05) is 22.4 Å². The standard InChI is InChI=1S/C10H12BrN3O/c1-6(11)5-14-10(15)8-3-2-7(12)4-9(8)13/h2-4H,1,5,12-13H2,(H,14,15). The highest BCUT2D eigenvalue weighted by Gasteiger charge is 2.08. The second-order valence-electron chi connectivity index (χ2n) is 3.05. The van der Waals surface area contributed by atoms with Crippen molar-refractivity contribution < 1.29 is 4.79 Å². The van der Waals surface area contributed by atoms with E-state index in [1.807, 2.05) is 0 Å². The SMILES string of the molecule is C=C(Br)CNC(=O)c1ccc(N)cc1N. The molecule has 0 aliphatic carbocycles. The van der Waals surface area contributed by atoms with Crippen molar-refractivity contribution in [2.24, 2.45) is 0 Å². The first-order valence-electron chi connectivity index (χ1n) is 4.27. The largest absolute Gasteiger partial charge is 0.399 e. The van der Waals surface area contributed by atoms with E-state index in [1.54, 1.807) is 18.2 Å². The van der Waals surface area contributed by atoms with E-state index in [4.69, 9.17) is 11.5 Å². The maximum Gasteiger partial charge on any atom is 0.253 e. The van der Waals surface area contributed by atoms with Gasteiger partial charge in [-0.25, -0.2) is 0 Å². The van der Waals surface area contributed by atoms with Crippen LogP contribution in [-0.4, -0.2) is 12.5 Å². The fourth-order valence-electron chi connectivity index (χ4n) is 1.06. The molecule has 1 amide bonds. The summed E-state index contributed by atoms with van der Waals surface area (Å²) in [7, 11) is 0. The van der Waals surface area contributed by atoms with Crippen molar-refractivity contribution in [2.45, 2.75) is 0 Å². The topological polar surface area (TPSA) is 81.1 Å². The van der Waals surface area contributed by atoms with Crippen LogP contribution >= 0.6 is 15.9 Å². The Kier molecular flexibility index (Phi) is 3.74. The molecule has 1 aromatic rings. The van der Waals surface area contributed by atoms with Crippen LogP contribution in [0.2, 0.25) is 0 Å². The summed E-state index contributed by atoms with van der Waals surface area (Å²) >= 11 is 3.15. The van der Waals surface area contributed by atoms with Crippen LogP contribution in [-0.2, 0) is 0 Å². The molecule has 1 aromatic carbocycles. The molecule has 4 nitrogen and oxygen atoms in total. The van der Waals surface area contributed by atoms with E-state index in [-0.39, 0.29) is 5.91 Å². The quantitative estimate of drug-likeness (QED) is 0.728. The van der Waals surface area contributed by atoms with Crippen molar-refractivity contribution in [3.05, 3.63) is 34.8 Å². The zero-order valence-electron chi connectivity index (χ0n) is 8.09. The van der Waals surface area contributed by atoms with Crippen LogP contribution in [0.25, 0.3) is 0 Å². The monoisotopic (exact) mass is 269 g/mol. The Morgan fingerprint density at radius 1 is 1.47 bits per heavy atom. The lowest BCUT2D eigenvalue weighted by Crippen LogP contribution is -2.25. The average molecular weight is 270 g/mol. The Labute approximate surface area is 96.5 Å². The Balaban J connectivity index is 2.78. The number of hydrogen-bond acceptors (Lipinski definition) is 3. The molecule has 0 bridgehead atoms. The molecule has 0 aromatic heterocycles. The number of halogens is 1. The summed E-state index contributed by atoms with van der Waals surface area (Å²) in [5.41, 5.74) is 12.5. The van der Waals surface area contributed by atoms with Gasteiger partial charge in [0.2, 0.25) is 0 Å². The number of nitrogens with two attached hydrogens (primary N) is 2. The summed E-state index contributed by atoms with van der Waals surface area (Å²) in [5, 5.41) is 2.65. The second-order valence-corrected chi connectivity index (χ2v) is 4.17. The molecule has 0 saturated carbocycles. The normalized spacial score (nSPS) is 9.67. The number of carbonyl (C=O) groups excluding carboxylic acids is 1. The number of anilines is 2. The second kappa shape index (κ2) is 4.84. The number of nitrogens with one attached hydrogen (secondary N) is 1. The molecule has 0 spiro atoms. The Morgan fingerprint density at radius 3 is 2.67 bits per heavy atom. The van der Waals surface area contributed by atoms with E-state index < -0.39 is 0 Å². The van der Waals surface area contributed by atoms with Gasteiger partial charge in [-0.3, -0.25) is 4.79 Å². The van der Waals surface area contributed by atoms with Crippen LogP contribution in [0.15, 0.2) is 29.3 Å². The molecule has 5 heteroatoms. The van der Waals surface area contributed by atoms with Gasteiger partial charge in [-0.1, -0.05) is 22.5 Å². The molecular weight excluding hydrogens is 258 g/mol. The van der Waals surface area contributed by atoms with E-state index in [9.17, 15) is 4.79 Å². The highest BCUT2D eigenvalue weighted by Crippen LogP contribution is 2.15. The summed E-state index contributed by atoms with van der Waals surface area (Å²) in [6.07, 6.45) is 0. The summed E-state index contributed by atoms with van der Waals surface area (Å²) in [5.74, 6) is -0.242. The van der Waals surface area contributed by atoms with E-state index in [0.717, 1.165) is 0 Å². The van der Waals surface area contributed by atoms with Crippen LogP contribution in [0.4, 0.5) is 11.4 Å². The van der Waals surface area contributed by atoms with Crippen LogP contribution in [0.5, 0.6) is 0 Å². The van der Waals surface area contributed by atoms with Crippen LogP contribution in [0.3, 0.4) is 0 Å². The highest BCUT2D eigenvalue weighted by atomic mass is 79.9. The van der Waals surface area contributed by atoms with Crippen molar-refractivity contribution in [1.82, 2.24) is 5.32 Å². The van der Waals surface area contributed by atoms with Gasteiger partial charge in [0.1, 0.15) is 0 Å². The van der Waals surface area contributed by atoms with Crippen molar-refractivity contribution in [2.75, 3.05) is 18.0 Å². The zero-order chi connectivity index (χ0) is 11.4. The number of nitrogen functional groups attached to an aromatic ring is 2. The Morgan fingerprint density at radius 2 is 2.13 bits per heavy atom. The number of hydrogen-bond donors (Lipinski definition) is 3. The first-order chi connectivity index (χ1) is 7.00. The van der Waals surface area contributed by atoms with Crippen molar-refractivity contribution in [3.63, 3.8) is 0 Å². The molecule has 0 aliphatic heterocycles. The smallest absolute Gasteiger partial charge is 0.253 e. The lowest BCUT2D eigenvalue weighted by Gasteiger charge is -2.07. The maximum atomic E-state index is 11.6. The summed E-state index contributed by atoms with van der Waals surface area (Å²) in [6, 6.07) is 4.78. The molecule has 0 unspecified atom stereocenters. The lowest BCUT2D eigenvalue weighted by atomic mass is 10.1. The summed E-state index contributed by atoms with van der Waals surface area (Å²) < 4.78 is 0.699. The van der Waals surface area contributed by atoms with Gasteiger partial charge in [-0.05, 0) is 18.2 Å². The van der Waals surface area contributed by atoms with Crippen LogP contribution < -0.4 is 16.8 Å². The summed E-state index contributed by atoms with van der Waals surface area (Å²) in [6.45, 7) is 3.97. The van der Waals surface area contributed by atoms with Gasteiger partial charge < -0.3 is 16.8 Å². The lowest BCUT2D eigenvalue weighted by molar-refractivity contribution is 0.0958. The Bertz CT molecular complexity index is 404. The molecule has 0 aliphatic rings. The van der Waals surface area contributed by atoms with E-state index >= 15 is 0 Å². The zero-order valence-corrected chi connectivity index (χ0v) is 9.67. The van der Waals surface area contributed by atoms with E-state index in [2.05, 4.69) is 27.8 Å². The van der Waals surface area contributed by atoms with Gasteiger partial charge in [-0.15, -0.1) is 0 Å². The van der Waals surface area contributed by atoms with Crippen molar-refractivity contribution in [3.8, 4) is 0 Å². The number of rotatable bonds is 3. The summed E-state index contributed by atoms with van der Waals surface area (Å²) in [4.78, 5) is 11.6. The van der Waals surface area contributed by atoms with Crippen LogP contribution in [0.1, 0.15) is 10.4 Å². The minimum absolute atomic E-state index is 0.242. The van der Waals surface area contributed by atoms with E-state index in [1.165, 1.54) is 0 Å². The third-order valence-electron chi connectivity index (χ3n) is 1.76. The predicted molar refractivity (Wildman–Crippen MR) is 65.7 cm³/mol. The molecule has 0 fully saturated rings. The molecule has 1 rings (SSSR count). The predicted octanol–water partition coefficient (Wildman–Crippen LogP) is 1.49. The molecule has 0 saturated heterocycles. The fraction of sp³-hybridized carbons (Fsp3) is 0.100. The molecule has 80 valence electrons. The molecule has 15 heavy (non-hydrogen) atoms. The third kappa shape index (κ3) is 3.28. The molecule has 0 atom stereocenters. The number of carbonyl (C=O) groups is 1. The van der Waals surface area contributed by atoms with Crippen molar-refractivity contribution in [1.29, 1.82) is 0 Å². The van der Waals surface area contributed by atoms with Crippen molar-refractivity contribution >= 4 is 33.2 Å². The van der Waals surface area contributed by atoms with Crippen LogP contribution in [0, 0.1) is 0 Å². The van der Waals surface area contributed by atoms with Gasteiger partial charge >= 0.3 is 0 Å². The molecule has 0 radical (unpaired) electrons. The maximum absolute atomic E-state index is 11.6. The Hall–Kier alpha value is -1.49. The fourth-order valence-corrected chi connectivity index (χ4v) is 1.20.